The van der Waals surface area contributed by atoms with E-state index in [1.165, 1.54) is 0 Å². The van der Waals surface area contributed by atoms with Gasteiger partial charge in [0.2, 0.25) is 12.2 Å². The Balaban J connectivity index is 0.0000168. The van der Waals surface area contributed by atoms with Crippen LogP contribution in [0.1, 0.15) is 144 Å². The first kappa shape index (κ1) is 73.0. The summed E-state index contributed by atoms with van der Waals surface area (Å²) in [5.41, 5.74) is 2.28. The van der Waals surface area contributed by atoms with E-state index in [1.807, 2.05) is 37.3 Å². The van der Waals surface area contributed by atoms with Gasteiger partial charge in [-0.3, -0.25) is 4.79 Å². The number of carbonyl (C=O) groups excluding carboxylic acids is 1. The van der Waals surface area contributed by atoms with Gasteiger partial charge < -0.3 is 57.0 Å². The van der Waals surface area contributed by atoms with Crippen molar-refractivity contribution in [3.05, 3.63) is 41.0 Å². The molecule has 1 saturated carbocycles. The maximum absolute atomic E-state index is 15.3. The Morgan fingerprint density at radius 2 is 1.00 bits per heavy atom. The lowest BCUT2D eigenvalue weighted by Gasteiger charge is -2.55. The molecular formula is C61H119NO12Si6. The minimum atomic E-state index is -2.54. The zero-order valence-corrected chi connectivity index (χ0v) is 62.6. The number of benzene rings is 1. The highest BCUT2D eigenvalue weighted by atomic mass is 28.4. The molecule has 4 rings (SSSR count). The second-order valence-corrected chi connectivity index (χ2v) is 62.2. The molecule has 10 atom stereocenters. The molecule has 0 bridgehead atoms. The number of aliphatic hydroxyl groups excluding tert-OH is 1. The number of nitrogens with one attached hydrogen (secondary N) is 1. The molecule has 19 heteroatoms. The molecule has 0 unspecified atom stereocenters. The van der Waals surface area contributed by atoms with Crippen LogP contribution >= 0.6 is 0 Å². The van der Waals surface area contributed by atoms with Gasteiger partial charge in [0.15, 0.2) is 39.0 Å². The number of amides is 1. The van der Waals surface area contributed by atoms with Gasteiger partial charge in [-0.1, -0.05) is 150 Å². The van der Waals surface area contributed by atoms with Crippen LogP contribution < -0.4 is 14.5 Å². The predicted octanol–water partition coefficient (Wildman–Crippen LogP) is 15.4. The molecule has 0 radical (unpaired) electrons. The van der Waals surface area contributed by atoms with Gasteiger partial charge in [0.05, 0.1) is 39.0 Å². The van der Waals surface area contributed by atoms with E-state index in [0.29, 0.717) is 17.1 Å². The normalized spacial score (nSPS) is 26.7. The van der Waals surface area contributed by atoms with Crippen LogP contribution in [0.4, 0.5) is 0 Å². The Bertz CT molecular complexity index is 2330. The van der Waals surface area contributed by atoms with Crippen molar-refractivity contribution in [2.75, 3.05) is 13.4 Å². The number of carbonyl (C=O) groups is 1. The molecule has 1 aromatic carbocycles. The topological polar surface area (TPSA) is 164 Å². The van der Waals surface area contributed by atoms with Gasteiger partial charge in [-0.2, -0.15) is 0 Å². The molecule has 2 heterocycles. The van der Waals surface area contributed by atoms with Crippen LogP contribution in [0.5, 0.6) is 11.5 Å². The van der Waals surface area contributed by atoms with Gasteiger partial charge >= 0.3 is 0 Å². The Labute approximate surface area is 494 Å². The fourth-order valence-corrected chi connectivity index (χ4v) is 18.6. The molecule has 0 spiro atoms. The van der Waals surface area contributed by atoms with Gasteiger partial charge in [0.25, 0.3) is 8.32 Å². The average molecular weight is 1230 g/mol. The van der Waals surface area contributed by atoms with E-state index >= 15 is 4.79 Å². The Kier molecular flexibility index (Phi) is 22.6. The molecule has 80 heavy (non-hydrogen) atoms. The average Bonchev–Trinajstić information content (AvgIpc) is 3.87. The zero-order chi connectivity index (χ0) is 61.3. The van der Waals surface area contributed by atoms with Crippen LogP contribution in [0.15, 0.2) is 35.4 Å². The first-order valence-electron chi connectivity index (χ1n) is 29.5. The van der Waals surface area contributed by atoms with Crippen LogP contribution in [-0.2, 0) is 36.7 Å². The molecule has 4 N–H and O–H groups in total. The Hall–Kier alpha value is -1.29. The number of fused-ring (bicyclic) bond motifs is 1. The van der Waals surface area contributed by atoms with Gasteiger partial charge in [-0.05, 0) is 139 Å². The summed E-state index contributed by atoms with van der Waals surface area (Å²) in [6.45, 7) is 72.2. The summed E-state index contributed by atoms with van der Waals surface area (Å²) in [7, 11) is -14.7. The molecular weight excluding hydrogens is 1110 g/mol. The van der Waals surface area contributed by atoms with E-state index in [1.54, 1.807) is 0 Å². The number of ether oxygens (including phenoxy) is 4. The Morgan fingerprint density at radius 1 is 0.588 bits per heavy atom. The van der Waals surface area contributed by atoms with E-state index in [-0.39, 0.29) is 66.7 Å². The third-order valence-electron chi connectivity index (χ3n) is 20.8. The summed E-state index contributed by atoms with van der Waals surface area (Å²) in [6, 6.07) is 5.32. The maximum atomic E-state index is 15.3. The van der Waals surface area contributed by atoms with Gasteiger partial charge in [-0.25, -0.2) is 0 Å². The van der Waals surface area contributed by atoms with Crippen LogP contribution in [-0.4, -0.2) is 135 Å². The van der Waals surface area contributed by atoms with Crippen LogP contribution in [0.2, 0.25) is 114 Å². The molecule has 1 aromatic rings. The van der Waals surface area contributed by atoms with E-state index < -0.39 is 98.6 Å². The lowest BCUT2D eigenvalue weighted by molar-refractivity contribution is -0.144. The standard InChI is InChI=1S/C61H117NO11Si6.H2O/c1-40(35-36-63)46-53(74(21,22)56(3,4)5)52(73-79(31,32)61(18,19)20)55(68-46)67-43-34-33-42(38-44(43)69-75(23,24)57(6,7)8)37-41(2)54(64)62-45-47(70-76(25,26)58(9,10)11)49-50(66-39-65-49)51(72-78(29,30)60(15,16)17)48(45)71-77(27,28)59(12,13)14;/h33-35,37-38,45-53,55,63H,36,39H2,1-32H3,(H,62,64);1H2/b40-35?,41-37+;/t45-,46+,47+,48-,49-,50-,51+,52-,53+,55+;/m0./s1. The minimum Gasteiger partial charge on any atom is -0.541 e. The van der Waals surface area contributed by atoms with Crippen LogP contribution in [0.25, 0.3) is 6.08 Å². The van der Waals surface area contributed by atoms with Crippen molar-refractivity contribution in [2.45, 2.75) is 308 Å². The summed E-state index contributed by atoms with van der Waals surface area (Å²) >= 11 is 0. The van der Waals surface area contributed by atoms with Gasteiger partial charge in [0.1, 0.15) is 37.0 Å². The molecule has 1 aliphatic carbocycles. The maximum Gasteiger partial charge on any atom is 0.250 e. The number of rotatable bonds is 18. The van der Waals surface area contributed by atoms with Gasteiger partial charge in [0, 0.05) is 11.1 Å². The molecule has 13 nitrogen and oxygen atoms in total. The fourth-order valence-electron chi connectivity index (χ4n) is 9.12. The number of hydrogen-bond donors (Lipinski definition) is 2. The SMILES string of the molecule is CC(=CCO)[C@H]1O[C@@H](Oc2ccc(/C=C(\C)C(=O)N[C@H]3[C@@H](O[Si](C)(C)C(C)(C)C)[C@@H]4OCO[C@@H]4[C@H](O[Si](C)(C)C(C)(C)C)[C@H]3O[Si](C)(C)C(C)(C)C)cc2O[Si](C)(C)C(C)(C)C)[C@@H](O[Si](C)(C)C(C)(C)C)[C@@H]1[Si](C)(C)C(C)(C)C.O. The Morgan fingerprint density at radius 3 is 1.43 bits per heavy atom. The second-order valence-electron chi connectivity index (χ2n) is 32.8. The van der Waals surface area contributed by atoms with Crippen LogP contribution in [0, 0.1) is 0 Å². The van der Waals surface area contributed by atoms with Crippen molar-refractivity contribution in [3.8, 4) is 11.5 Å². The van der Waals surface area contributed by atoms with E-state index in [2.05, 4.69) is 215 Å². The van der Waals surface area contributed by atoms with Crippen molar-refractivity contribution in [2.24, 2.45) is 0 Å². The summed E-state index contributed by atoms with van der Waals surface area (Å²) in [4.78, 5) is 15.3. The molecule has 464 valence electrons. The van der Waals surface area contributed by atoms with Gasteiger partial charge in [-0.15, -0.1) is 0 Å². The van der Waals surface area contributed by atoms with Crippen molar-refractivity contribution in [3.63, 3.8) is 0 Å². The largest absolute Gasteiger partial charge is 0.541 e. The summed E-state index contributed by atoms with van der Waals surface area (Å²) in [6.07, 6.45) is -0.368. The van der Waals surface area contributed by atoms with Crippen molar-refractivity contribution >= 4 is 61.6 Å². The molecule has 3 aliphatic rings. The van der Waals surface area contributed by atoms with Crippen molar-refractivity contribution < 1.29 is 56.5 Å². The van der Waals surface area contributed by atoms with Crippen LogP contribution in [0.3, 0.4) is 0 Å². The zero-order valence-electron chi connectivity index (χ0n) is 56.6. The minimum absolute atomic E-state index is 0. The number of hydrogen-bond acceptors (Lipinski definition) is 11. The molecule has 3 fully saturated rings. The predicted molar refractivity (Wildman–Crippen MR) is 347 cm³/mol. The molecule has 1 amide bonds. The lowest BCUT2D eigenvalue weighted by Crippen LogP contribution is -2.73. The van der Waals surface area contributed by atoms with Crippen molar-refractivity contribution in [1.29, 1.82) is 0 Å². The third-order valence-corrected chi connectivity index (χ3v) is 49.2. The summed E-state index contributed by atoms with van der Waals surface area (Å²) < 4.78 is 64.9. The molecule has 0 aromatic heterocycles. The second kappa shape index (κ2) is 24.8. The summed E-state index contributed by atoms with van der Waals surface area (Å²) in [5, 5.41) is 13.2. The smallest absolute Gasteiger partial charge is 0.250 e. The highest BCUT2D eigenvalue weighted by Gasteiger charge is 2.63. The monoisotopic (exact) mass is 1230 g/mol. The third kappa shape index (κ3) is 16.0. The lowest BCUT2D eigenvalue weighted by atomic mass is 9.83. The summed E-state index contributed by atoms with van der Waals surface area (Å²) in [5.74, 6) is 0.898. The van der Waals surface area contributed by atoms with E-state index in [4.69, 9.17) is 41.1 Å². The number of aliphatic hydroxyl groups is 1. The first-order chi connectivity index (χ1) is 35.2. The quantitative estimate of drug-likeness (QED) is 0.0817. The van der Waals surface area contributed by atoms with E-state index in [0.717, 1.165) is 11.1 Å². The first-order valence-corrected chi connectivity index (χ1v) is 47.1. The fraction of sp³-hybridized carbons (Fsp3) is 0.820. The highest BCUT2D eigenvalue weighted by Crippen LogP contribution is 2.56. The van der Waals surface area contributed by atoms with Crippen molar-refractivity contribution in [1.82, 2.24) is 5.32 Å². The molecule has 2 saturated heterocycles. The van der Waals surface area contributed by atoms with E-state index in [9.17, 15) is 5.11 Å². The molecule has 2 aliphatic heterocycles. The highest BCUT2D eigenvalue weighted by molar-refractivity contribution is 6.82.